The van der Waals surface area contributed by atoms with Crippen molar-refractivity contribution in [3.8, 4) is 0 Å². The lowest BCUT2D eigenvalue weighted by Gasteiger charge is -2.01. The lowest BCUT2D eigenvalue weighted by molar-refractivity contribution is -0.703. The van der Waals surface area contributed by atoms with Crippen LogP contribution in [0, 0.1) is 0 Å². The molecule has 1 aromatic rings. The van der Waals surface area contributed by atoms with Crippen molar-refractivity contribution in [3.05, 3.63) is 18.2 Å². The third-order valence-corrected chi connectivity index (χ3v) is 3.11. The highest BCUT2D eigenvalue weighted by atomic mass is 127. The number of nitrogens with zero attached hydrogens (tertiary/aromatic N) is 2. The van der Waals surface area contributed by atoms with Gasteiger partial charge in [-0.05, 0) is 12.8 Å². The van der Waals surface area contributed by atoms with Crippen molar-refractivity contribution in [2.45, 2.75) is 52.0 Å². The van der Waals surface area contributed by atoms with Crippen LogP contribution in [0.5, 0.6) is 0 Å². The maximum atomic E-state index is 11.2. The van der Waals surface area contributed by atoms with Crippen molar-refractivity contribution in [2.24, 2.45) is 7.05 Å². The van der Waals surface area contributed by atoms with Gasteiger partial charge in [0.25, 0.3) is 0 Å². The third kappa shape index (κ3) is 6.94. The molecule has 0 atom stereocenters. The first kappa shape index (κ1) is 18.4. The highest BCUT2D eigenvalue weighted by Gasteiger charge is 2.13. The van der Waals surface area contributed by atoms with E-state index in [0.717, 1.165) is 13.0 Å². The van der Waals surface area contributed by atoms with E-state index in [1.165, 1.54) is 38.5 Å². The van der Waals surface area contributed by atoms with Gasteiger partial charge >= 0.3 is 5.97 Å². The number of aryl methyl sites for hydroxylation is 3. The van der Waals surface area contributed by atoms with Gasteiger partial charge in [-0.2, -0.15) is 0 Å². The average molecular weight is 380 g/mol. The van der Waals surface area contributed by atoms with Gasteiger partial charge in [0.2, 0.25) is 6.33 Å². The molecule has 1 aromatic heterocycles. The van der Waals surface area contributed by atoms with E-state index in [1.807, 2.05) is 11.6 Å². The second kappa shape index (κ2) is 10.2. The molecule has 0 saturated heterocycles. The van der Waals surface area contributed by atoms with Gasteiger partial charge in [-0.1, -0.05) is 19.8 Å². The quantitative estimate of drug-likeness (QED) is 0.251. The lowest BCUT2D eigenvalue weighted by atomic mass is 10.2. The minimum absolute atomic E-state index is 0. The number of halogens is 1. The summed E-state index contributed by atoms with van der Waals surface area (Å²) >= 11 is 0. The summed E-state index contributed by atoms with van der Waals surface area (Å²) in [5.41, 5.74) is 1.21. The highest BCUT2D eigenvalue weighted by Crippen LogP contribution is 2.02. The zero-order valence-corrected chi connectivity index (χ0v) is 14.4. The van der Waals surface area contributed by atoms with E-state index in [0.29, 0.717) is 6.42 Å². The zero-order chi connectivity index (χ0) is 13.4. The third-order valence-electron chi connectivity index (χ3n) is 3.11. The van der Waals surface area contributed by atoms with Crippen molar-refractivity contribution in [2.75, 3.05) is 7.11 Å². The predicted molar refractivity (Wildman–Crippen MR) is 70.1 cm³/mol. The van der Waals surface area contributed by atoms with Crippen molar-refractivity contribution in [1.29, 1.82) is 0 Å². The Morgan fingerprint density at radius 1 is 1.37 bits per heavy atom. The molecule has 4 nitrogen and oxygen atoms in total. The molecule has 110 valence electrons. The molecule has 0 amide bonds. The molecule has 0 aliphatic heterocycles. The maximum Gasteiger partial charge on any atom is 0.305 e. The van der Waals surface area contributed by atoms with Crippen LogP contribution in [0.25, 0.3) is 0 Å². The molecule has 0 aliphatic carbocycles. The van der Waals surface area contributed by atoms with E-state index in [-0.39, 0.29) is 29.9 Å². The molecule has 0 radical (unpaired) electrons. The first-order valence-electron chi connectivity index (χ1n) is 6.78. The number of hydrogen-bond acceptors (Lipinski definition) is 2. The SMILES string of the molecule is CCCCCC[n+]1cn(C)cc1CCC(=O)OC.[I-]. The molecule has 0 spiro atoms. The number of esters is 1. The monoisotopic (exact) mass is 380 g/mol. The van der Waals surface area contributed by atoms with Crippen LogP contribution in [0.4, 0.5) is 0 Å². The van der Waals surface area contributed by atoms with Crippen molar-refractivity contribution in [3.63, 3.8) is 0 Å². The molecule has 0 bridgehead atoms. The predicted octanol–water partition coefficient (Wildman–Crippen LogP) is -0.997. The summed E-state index contributed by atoms with van der Waals surface area (Å²) in [6.45, 7) is 3.26. The van der Waals surface area contributed by atoms with Crippen LogP contribution < -0.4 is 28.5 Å². The number of methoxy groups -OCH3 is 1. The van der Waals surface area contributed by atoms with E-state index in [1.54, 1.807) is 0 Å². The molecule has 1 heterocycles. The number of unbranched alkanes of at least 4 members (excludes halogenated alkanes) is 3. The van der Waals surface area contributed by atoms with Crippen LogP contribution in [0.15, 0.2) is 12.5 Å². The van der Waals surface area contributed by atoms with Gasteiger partial charge < -0.3 is 28.7 Å². The summed E-state index contributed by atoms with van der Waals surface area (Å²) in [6.07, 6.45) is 10.4. The van der Waals surface area contributed by atoms with E-state index in [2.05, 4.69) is 28.8 Å². The van der Waals surface area contributed by atoms with Gasteiger partial charge in [-0.3, -0.25) is 4.79 Å². The second-order valence-electron chi connectivity index (χ2n) is 4.73. The molecule has 0 fully saturated rings. The van der Waals surface area contributed by atoms with Crippen LogP contribution >= 0.6 is 0 Å². The normalized spacial score (nSPS) is 10.1. The van der Waals surface area contributed by atoms with Gasteiger partial charge in [-0.25, -0.2) is 9.13 Å². The Kier molecular flexibility index (Phi) is 9.91. The van der Waals surface area contributed by atoms with Crippen LogP contribution in [-0.4, -0.2) is 17.6 Å². The fourth-order valence-electron chi connectivity index (χ4n) is 2.09. The Morgan fingerprint density at radius 2 is 2.11 bits per heavy atom. The highest BCUT2D eigenvalue weighted by molar-refractivity contribution is 5.69. The van der Waals surface area contributed by atoms with E-state index >= 15 is 0 Å². The number of imidazole rings is 1. The summed E-state index contributed by atoms with van der Waals surface area (Å²) in [6, 6.07) is 0. The zero-order valence-electron chi connectivity index (χ0n) is 12.2. The molecule has 0 aliphatic rings. The number of carbonyl (C=O) groups is 1. The molecule has 1 rings (SSSR count). The molecule has 0 aromatic carbocycles. The van der Waals surface area contributed by atoms with Crippen LogP contribution in [0.1, 0.15) is 44.7 Å². The number of aromatic nitrogens is 2. The summed E-state index contributed by atoms with van der Waals surface area (Å²) in [5.74, 6) is -0.142. The van der Waals surface area contributed by atoms with Gasteiger partial charge in [0.1, 0.15) is 11.9 Å². The summed E-state index contributed by atoms with van der Waals surface area (Å²) in [4.78, 5) is 11.2. The van der Waals surface area contributed by atoms with Crippen LogP contribution in [0.2, 0.25) is 0 Å². The van der Waals surface area contributed by atoms with E-state index < -0.39 is 0 Å². The number of hydrogen-bond donors (Lipinski definition) is 0. The molecule has 0 unspecified atom stereocenters. The number of carbonyl (C=O) groups excluding carboxylic acids is 1. The van der Waals surface area contributed by atoms with Crippen LogP contribution in [-0.2, 0) is 29.5 Å². The fraction of sp³-hybridized carbons (Fsp3) is 0.714. The minimum Gasteiger partial charge on any atom is -1.00 e. The first-order chi connectivity index (χ1) is 8.67. The molecule has 19 heavy (non-hydrogen) atoms. The standard InChI is InChI=1S/C14H25N2O2.HI/c1-4-5-6-7-10-16-12-15(2)11-13(16)8-9-14(17)18-3;/h11-12H,4-10H2,1-3H3;1H/q+1;/p-1. The van der Waals surface area contributed by atoms with Gasteiger partial charge in [-0.15, -0.1) is 0 Å². The Bertz CT molecular complexity index is 378. The summed E-state index contributed by atoms with van der Waals surface area (Å²) in [7, 11) is 3.45. The van der Waals surface area contributed by atoms with E-state index in [4.69, 9.17) is 0 Å². The van der Waals surface area contributed by atoms with Crippen molar-refractivity contribution in [1.82, 2.24) is 4.57 Å². The smallest absolute Gasteiger partial charge is 0.305 e. The number of rotatable bonds is 8. The van der Waals surface area contributed by atoms with Gasteiger partial charge in [0.05, 0.1) is 27.1 Å². The molecule has 0 saturated carbocycles. The lowest BCUT2D eigenvalue weighted by Crippen LogP contribution is -3.00. The Morgan fingerprint density at radius 3 is 2.74 bits per heavy atom. The fourth-order valence-corrected chi connectivity index (χ4v) is 2.09. The Hall–Kier alpha value is -0.590. The maximum absolute atomic E-state index is 11.2. The minimum atomic E-state index is -0.142. The van der Waals surface area contributed by atoms with Crippen molar-refractivity contribution < 1.29 is 38.1 Å². The van der Waals surface area contributed by atoms with E-state index in [9.17, 15) is 4.79 Å². The van der Waals surface area contributed by atoms with Gasteiger partial charge in [0, 0.05) is 6.42 Å². The molecule has 5 heteroatoms. The first-order valence-corrected chi connectivity index (χ1v) is 6.78. The summed E-state index contributed by atoms with van der Waals surface area (Å²) < 4.78 is 8.97. The molecule has 0 N–H and O–H groups in total. The van der Waals surface area contributed by atoms with Gasteiger partial charge in [0.15, 0.2) is 0 Å². The Labute approximate surface area is 133 Å². The van der Waals surface area contributed by atoms with Crippen molar-refractivity contribution >= 4 is 5.97 Å². The average Bonchev–Trinajstić information content (AvgIpc) is 2.72. The topological polar surface area (TPSA) is 35.1 Å². The Balaban J connectivity index is 0.00000324. The van der Waals surface area contributed by atoms with Crippen LogP contribution in [0.3, 0.4) is 0 Å². The molecular formula is C14H25IN2O2. The summed E-state index contributed by atoms with van der Waals surface area (Å²) in [5, 5.41) is 0. The largest absolute Gasteiger partial charge is 1.00 e. The molecular weight excluding hydrogens is 355 g/mol. The number of ether oxygens (including phenoxy) is 1. The second-order valence-corrected chi connectivity index (χ2v) is 4.73.